The van der Waals surface area contributed by atoms with E-state index < -0.39 is 0 Å². The minimum atomic E-state index is -0.259. The third-order valence-electron chi connectivity index (χ3n) is 3.57. The molecule has 1 heterocycles. The molecule has 0 saturated carbocycles. The molecule has 0 amide bonds. The second-order valence-corrected chi connectivity index (χ2v) is 5.03. The van der Waals surface area contributed by atoms with Crippen LogP contribution in [0.4, 0.5) is 5.69 Å². The Morgan fingerprint density at radius 3 is 2.63 bits per heavy atom. The quantitative estimate of drug-likeness (QED) is 0.783. The second-order valence-electron chi connectivity index (χ2n) is 4.63. The number of halogens is 1. The van der Waals surface area contributed by atoms with Gasteiger partial charge in [0.05, 0.1) is 16.8 Å². The number of rotatable bonds is 1. The summed E-state index contributed by atoms with van der Waals surface area (Å²) in [5, 5.41) is 10.2. The van der Waals surface area contributed by atoms with E-state index in [9.17, 15) is 5.26 Å². The van der Waals surface area contributed by atoms with Crippen LogP contribution in [-0.2, 0) is 6.42 Å². The van der Waals surface area contributed by atoms with Gasteiger partial charge in [-0.3, -0.25) is 0 Å². The molecule has 0 saturated heterocycles. The van der Waals surface area contributed by atoms with Crippen LogP contribution in [0.5, 0.6) is 0 Å². The highest BCUT2D eigenvalue weighted by atomic mass is 35.5. The molecule has 2 aromatic rings. The fourth-order valence-electron chi connectivity index (χ4n) is 2.65. The monoisotopic (exact) mass is 268 g/mol. The molecule has 0 bridgehead atoms. The molecule has 19 heavy (non-hydrogen) atoms. The predicted molar refractivity (Wildman–Crippen MR) is 77.3 cm³/mol. The van der Waals surface area contributed by atoms with Crippen LogP contribution in [0.25, 0.3) is 0 Å². The Balaban J connectivity index is 2.07. The van der Waals surface area contributed by atoms with Crippen LogP contribution < -0.4 is 4.90 Å². The van der Waals surface area contributed by atoms with Gasteiger partial charge in [0.25, 0.3) is 0 Å². The first kappa shape index (κ1) is 12.1. The van der Waals surface area contributed by atoms with Crippen molar-refractivity contribution in [2.75, 3.05) is 11.4 Å². The van der Waals surface area contributed by atoms with Crippen molar-refractivity contribution in [1.29, 1.82) is 5.26 Å². The Morgan fingerprint density at radius 1 is 1.11 bits per heavy atom. The zero-order chi connectivity index (χ0) is 13.2. The molecular weight excluding hydrogens is 256 g/mol. The fourth-order valence-corrected chi connectivity index (χ4v) is 2.89. The van der Waals surface area contributed by atoms with Gasteiger partial charge in [-0.25, -0.2) is 0 Å². The fraction of sp³-hybridized carbons (Fsp3) is 0.188. The summed E-state index contributed by atoms with van der Waals surface area (Å²) >= 11 is 6.26. The van der Waals surface area contributed by atoms with Gasteiger partial charge in [-0.15, -0.1) is 0 Å². The van der Waals surface area contributed by atoms with E-state index in [2.05, 4.69) is 17.0 Å². The third kappa shape index (κ3) is 2.07. The molecule has 2 nitrogen and oxygen atoms in total. The van der Waals surface area contributed by atoms with Gasteiger partial charge >= 0.3 is 0 Å². The van der Waals surface area contributed by atoms with E-state index in [1.807, 2.05) is 42.5 Å². The minimum Gasteiger partial charge on any atom is -0.350 e. The van der Waals surface area contributed by atoms with Crippen LogP contribution in [0.15, 0.2) is 48.5 Å². The second kappa shape index (κ2) is 4.95. The molecule has 94 valence electrons. The summed E-state index contributed by atoms with van der Waals surface area (Å²) in [7, 11) is 0. The maximum atomic E-state index is 9.53. The number of benzene rings is 2. The van der Waals surface area contributed by atoms with Gasteiger partial charge in [-0.2, -0.15) is 5.26 Å². The van der Waals surface area contributed by atoms with Gasteiger partial charge in [0.2, 0.25) is 0 Å². The van der Waals surface area contributed by atoms with E-state index in [0.29, 0.717) is 5.02 Å². The summed E-state index contributed by atoms with van der Waals surface area (Å²) in [6, 6.07) is 18.0. The van der Waals surface area contributed by atoms with Gasteiger partial charge in [-0.1, -0.05) is 48.0 Å². The van der Waals surface area contributed by atoms with E-state index in [-0.39, 0.29) is 6.04 Å². The van der Waals surface area contributed by atoms with Crippen LogP contribution in [0.2, 0.25) is 5.02 Å². The van der Waals surface area contributed by atoms with Crippen molar-refractivity contribution in [2.24, 2.45) is 0 Å². The molecule has 0 aliphatic carbocycles. The average molecular weight is 269 g/mol. The van der Waals surface area contributed by atoms with Crippen molar-refractivity contribution < 1.29 is 0 Å². The van der Waals surface area contributed by atoms with Gasteiger partial charge in [0.15, 0.2) is 0 Å². The summed E-state index contributed by atoms with van der Waals surface area (Å²) in [6.45, 7) is 0.818. The van der Waals surface area contributed by atoms with Gasteiger partial charge < -0.3 is 4.90 Å². The molecule has 0 radical (unpaired) electrons. The molecular formula is C16H13ClN2. The molecule has 0 spiro atoms. The average Bonchev–Trinajstić information content (AvgIpc) is 2.46. The van der Waals surface area contributed by atoms with Crippen LogP contribution in [0, 0.1) is 11.3 Å². The number of nitriles is 1. The highest BCUT2D eigenvalue weighted by Gasteiger charge is 2.28. The van der Waals surface area contributed by atoms with Crippen molar-refractivity contribution in [2.45, 2.75) is 12.5 Å². The number of anilines is 1. The Bertz CT molecular complexity index is 645. The molecule has 2 aromatic carbocycles. The van der Waals surface area contributed by atoms with Crippen molar-refractivity contribution in [1.82, 2.24) is 0 Å². The largest absolute Gasteiger partial charge is 0.350 e. The maximum absolute atomic E-state index is 9.53. The lowest BCUT2D eigenvalue weighted by atomic mass is 9.93. The van der Waals surface area contributed by atoms with Gasteiger partial charge in [0.1, 0.15) is 6.04 Å². The van der Waals surface area contributed by atoms with Crippen molar-refractivity contribution in [3.63, 3.8) is 0 Å². The van der Waals surface area contributed by atoms with E-state index in [1.165, 1.54) is 5.56 Å². The lowest BCUT2D eigenvalue weighted by Gasteiger charge is -2.35. The van der Waals surface area contributed by atoms with E-state index in [0.717, 1.165) is 24.2 Å². The zero-order valence-electron chi connectivity index (χ0n) is 10.4. The Kier molecular flexibility index (Phi) is 3.15. The van der Waals surface area contributed by atoms with Crippen molar-refractivity contribution in [3.05, 3.63) is 64.7 Å². The Morgan fingerprint density at radius 2 is 1.84 bits per heavy atom. The normalized spacial score (nSPS) is 17.7. The van der Waals surface area contributed by atoms with E-state index in [4.69, 9.17) is 11.6 Å². The molecule has 3 heteroatoms. The number of nitrogens with zero attached hydrogens (tertiary/aromatic N) is 2. The number of para-hydroxylation sites is 1. The topological polar surface area (TPSA) is 27.0 Å². The molecule has 1 aliphatic rings. The summed E-state index contributed by atoms with van der Waals surface area (Å²) < 4.78 is 0. The van der Waals surface area contributed by atoms with Crippen LogP contribution in [0.1, 0.15) is 17.2 Å². The molecule has 1 aliphatic heterocycles. The first-order valence-electron chi connectivity index (χ1n) is 6.30. The van der Waals surface area contributed by atoms with Crippen LogP contribution in [-0.4, -0.2) is 6.54 Å². The van der Waals surface area contributed by atoms with Crippen molar-refractivity contribution in [3.8, 4) is 6.07 Å². The number of hydrogen-bond donors (Lipinski definition) is 0. The molecule has 0 N–H and O–H groups in total. The first-order valence-corrected chi connectivity index (χ1v) is 6.67. The molecule has 3 rings (SSSR count). The number of hydrogen-bond acceptors (Lipinski definition) is 2. The van der Waals surface area contributed by atoms with E-state index in [1.54, 1.807) is 0 Å². The SMILES string of the molecule is N#CC1c2ccccc2CCN1c1ccccc1Cl. The van der Waals surface area contributed by atoms with Gasteiger partial charge in [-0.05, 0) is 29.7 Å². The molecule has 1 unspecified atom stereocenters. The highest BCUT2D eigenvalue weighted by molar-refractivity contribution is 6.33. The molecule has 0 aromatic heterocycles. The molecule has 1 atom stereocenters. The summed E-state index contributed by atoms with van der Waals surface area (Å²) in [6.07, 6.45) is 0.944. The smallest absolute Gasteiger partial charge is 0.143 e. The van der Waals surface area contributed by atoms with Crippen LogP contribution in [0.3, 0.4) is 0 Å². The number of fused-ring (bicyclic) bond motifs is 1. The maximum Gasteiger partial charge on any atom is 0.143 e. The zero-order valence-corrected chi connectivity index (χ0v) is 11.1. The van der Waals surface area contributed by atoms with Crippen molar-refractivity contribution >= 4 is 17.3 Å². The summed E-state index contributed by atoms with van der Waals surface area (Å²) in [4.78, 5) is 2.09. The predicted octanol–water partition coefficient (Wildman–Crippen LogP) is 3.97. The minimum absolute atomic E-state index is 0.259. The standard InChI is InChI=1S/C16H13ClN2/c17-14-7-3-4-8-15(14)19-10-9-12-5-1-2-6-13(12)16(19)11-18/h1-8,16H,9-10H2. The third-order valence-corrected chi connectivity index (χ3v) is 3.89. The lowest BCUT2D eigenvalue weighted by molar-refractivity contribution is 0.676. The van der Waals surface area contributed by atoms with E-state index >= 15 is 0 Å². The van der Waals surface area contributed by atoms with Gasteiger partial charge in [0, 0.05) is 6.54 Å². The lowest BCUT2D eigenvalue weighted by Crippen LogP contribution is -2.34. The Hall–Kier alpha value is -1.98. The highest BCUT2D eigenvalue weighted by Crippen LogP contribution is 2.36. The summed E-state index contributed by atoms with van der Waals surface area (Å²) in [5.41, 5.74) is 3.29. The van der Waals surface area contributed by atoms with Crippen LogP contribution >= 0.6 is 11.6 Å². The summed E-state index contributed by atoms with van der Waals surface area (Å²) in [5.74, 6) is 0. The Labute approximate surface area is 117 Å². The molecule has 0 fully saturated rings. The first-order chi connectivity index (χ1) is 9.31.